The average molecular weight is 562 g/mol. The summed E-state index contributed by atoms with van der Waals surface area (Å²) in [6.07, 6.45) is 6.44. The van der Waals surface area contributed by atoms with Crippen molar-refractivity contribution in [3.63, 3.8) is 0 Å². The number of imidazole rings is 1. The number of fused-ring (bicyclic) bond motifs is 1. The molecule has 1 saturated carbocycles. The molecule has 2 aromatic carbocycles. The van der Waals surface area contributed by atoms with E-state index in [9.17, 15) is 9.59 Å². The fourth-order valence-electron chi connectivity index (χ4n) is 6.36. The van der Waals surface area contributed by atoms with E-state index in [0.29, 0.717) is 44.5 Å². The number of hydrogen-bond acceptors (Lipinski definition) is 5. The van der Waals surface area contributed by atoms with Crippen molar-refractivity contribution >= 4 is 28.8 Å². The smallest absolute Gasteiger partial charge is 0.320 e. The number of aromatic nitrogens is 3. The van der Waals surface area contributed by atoms with Crippen LogP contribution in [-0.4, -0.2) is 80.4 Å². The van der Waals surface area contributed by atoms with Crippen LogP contribution in [0.25, 0.3) is 28.1 Å². The zero-order valence-corrected chi connectivity index (χ0v) is 23.7. The van der Waals surface area contributed by atoms with Crippen molar-refractivity contribution in [1.82, 2.24) is 29.2 Å². The molecule has 9 heteroatoms. The number of amides is 3. The molecule has 1 atom stereocenters. The van der Waals surface area contributed by atoms with Gasteiger partial charge in [-0.15, -0.1) is 0 Å². The maximum Gasteiger partial charge on any atom is 0.320 e. The maximum atomic E-state index is 13.2. The molecule has 1 aliphatic carbocycles. The van der Waals surface area contributed by atoms with E-state index in [1.807, 2.05) is 21.9 Å². The Labute approximate surface area is 245 Å². The molecule has 0 bridgehead atoms. The first-order valence-electron chi connectivity index (χ1n) is 14.8. The van der Waals surface area contributed by atoms with Crippen molar-refractivity contribution < 1.29 is 9.59 Å². The lowest BCUT2D eigenvalue weighted by molar-refractivity contribution is -0.127. The second kappa shape index (κ2) is 10.6. The molecular formula is C33H35N7O2. The van der Waals surface area contributed by atoms with Gasteiger partial charge < -0.3 is 20.4 Å². The van der Waals surface area contributed by atoms with E-state index in [2.05, 4.69) is 58.6 Å². The van der Waals surface area contributed by atoms with E-state index < -0.39 is 0 Å². The molecule has 3 fully saturated rings. The number of pyridine rings is 1. The lowest BCUT2D eigenvalue weighted by Crippen LogP contribution is -2.53. The highest BCUT2D eigenvalue weighted by molar-refractivity contribution is 5.87. The fraction of sp³-hybridized carbons (Fsp3) is 0.333. The predicted molar refractivity (Wildman–Crippen MR) is 163 cm³/mol. The molecule has 3 aliphatic rings. The fourth-order valence-corrected chi connectivity index (χ4v) is 6.36. The summed E-state index contributed by atoms with van der Waals surface area (Å²) in [6.45, 7) is 7.20. The highest BCUT2D eigenvalue weighted by Crippen LogP contribution is 2.42. The summed E-state index contributed by atoms with van der Waals surface area (Å²) in [5.41, 5.74) is 12.7. The Morgan fingerprint density at radius 1 is 0.857 bits per heavy atom. The van der Waals surface area contributed by atoms with Crippen molar-refractivity contribution in [2.75, 3.05) is 45.0 Å². The predicted octanol–water partition coefficient (Wildman–Crippen LogP) is 4.79. The first kappa shape index (κ1) is 26.3. The van der Waals surface area contributed by atoms with Gasteiger partial charge in [-0.05, 0) is 78.8 Å². The summed E-state index contributed by atoms with van der Waals surface area (Å²) >= 11 is 0. The molecule has 0 radical (unpaired) electrons. The maximum absolute atomic E-state index is 13.2. The lowest BCUT2D eigenvalue weighted by atomic mass is 9.98. The van der Waals surface area contributed by atoms with E-state index in [-0.39, 0.29) is 17.9 Å². The second-order valence-corrected chi connectivity index (χ2v) is 11.6. The molecule has 4 aromatic rings. The Bertz CT molecular complexity index is 1670. The number of nitrogens with zero attached hydrogens (tertiary/aromatic N) is 6. The summed E-state index contributed by atoms with van der Waals surface area (Å²) in [7, 11) is 0. The number of piperazine rings is 1. The minimum absolute atomic E-state index is 0.0647. The van der Waals surface area contributed by atoms with Crippen LogP contribution in [0.15, 0.2) is 73.4 Å². The molecule has 214 valence electrons. The van der Waals surface area contributed by atoms with E-state index in [4.69, 9.17) is 10.7 Å². The Morgan fingerprint density at radius 2 is 1.60 bits per heavy atom. The van der Waals surface area contributed by atoms with Crippen LogP contribution in [0.1, 0.15) is 42.2 Å². The van der Waals surface area contributed by atoms with Gasteiger partial charge in [-0.1, -0.05) is 24.8 Å². The molecule has 0 spiro atoms. The number of urea groups is 1. The number of nitrogens with two attached hydrogens (primary N) is 1. The Balaban J connectivity index is 1.12. The highest BCUT2D eigenvalue weighted by atomic mass is 16.2. The number of nitrogen functional groups attached to an aromatic ring is 1. The number of hydrogen-bond donors (Lipinski definition) is 1. The summed E-state index contributed by atoms with van der Waals surface area (Å²) in [6, 6.07) is 19.2. The average Bonchev–Trinajstić information content (AvgIpc) is 3.64. The SMILES string of the molecule is C=CC(=O)N1CCN(C(=O)N2CC[C@H](c3ccc(-n4c(-c5cccnc5N)nc5ccc(C6CC6)cc54)cc3)C2)CC1. The normalized spacial score (nSPS) is 19.0. The number of rotatable bonds is 5. The zero-order valence-electron chi connectivity index (χ0n) is 23.7. The van der Waals surface area contributed by atoms with Crippen LogP contribution in [0.5, 0.6) is 0 Å². The van der Waals surface area contributed by atoms with Gasteiger partial charge in [0.2, 0.25) is 5.91 Å². The highest BCUT2D eigenvalue weighted by Gasteiger charge is 2.32. The summed E-state index contributed by atoms with van der Waals surface area (Å²) in [5.74, 6) is 2.08. The Hall–Kier alpha value is -4.66. The van der Waals surface area contributed by atoms with Gasteiger partial charge in [-0.2, -0.15) is 0 Å². The van der Waals surface area contributed by atoms with Gasteiger partial charge >= 0.3 is 6.03 Å². The zero-order chi connectivity index (χ0) is 28.8. The summed E-state index contributed by atoms with van der Waals surface area (Å²) < 4.78 is 2.19. The minimum atomic E-state index is -0.0742. The topological polar surface area (TPSA) is 101 Å². The van der Waals surface area contributed by atoms with Gasteiger partial charge in [0.1, 0.15) is 11.6 Å². The standard InChI is InChI=1S/C33H35N7O2/c1-2-30(41)37-16-18-38(19-17-37)33(42)39-15-13-25(21-39)23-7-10-26(11-8-23)40-29-20-24(22-5-6-22)9-12-28(29)36-32(40)27-4-3-14-35-31(27)34/h2-4,7-12,14,20,22,25H,1,5-6,13,15-19,21H2,(H2,34,35)/t25-/m0/s1. The van der Waals surface area contributed by atoms with Crippen molar-refractivity contribution in [2.24, 2.45) is 0 Å². The van der Waals surface area contributed by atoms with Gasteiger partial charge in [0.25, 0.3) is 0 Å². The van der Waals surface area contributed by atoms with Crippen LogP contribution >= 0.6 is 0 Å². The number of likely N-dealkylation sites (tertiary alicyclic amines) is 1. The molecule has 3 amide bonds. The van der Waals surface area contributed by atoms with Gasteiger partial charge in [0.05, 0.1) is 16.6 Å². The van der Waals surface area contributed by atoms with Gasteiger partial charge in [0.15, 0.2) is 0 Å². The minimum Gasteiger partial charge on any atom is -0.383 e. The Kier molecular flexibility index (Phi) is 6.64. The van der Waals surface area contributed by atoms with Crippen molar-refractivity contribution in [3.05, 3.63) is 84.6 Å². The first-order chi connectivity index (χ1) is 20.5. The number of anilines is 1. The Morgan fingerprint density at radius 3 is 2.31 bits per heavy atom. The molecule has 2 aliphatic heterocycles. The number of carbonyl (C=O) groups excluding carboxylic acids is 2. The van der Waals surface area contributed by atoms with E-state index in [1.165, 1.54) is 30.0 Å². The van der Waals surface area contributed by atoms with Crippen LogP contribution < -0.4 is 5.73 Å². The van der Waals surface area contributed by atoms with E-state index >= 15 is 0 Å². The van der Waals surface area contributed by atoms with Crippen LogP contribution in [0.3, 0.4) is 0 Å². The van der Waals surface area contributed by atoms with Crippen molar-refractivity contribution in [3.8, 4) is 17.1 Å². The molecular weight excluding hydrogens is 526 g/mol. The third-order valence-corrected chi connectivity index (χ3v) is 8.92. The third-order valence-electron chi connectivity index (χ3n) is 8.92. The van der Waals surface area contributed by atoms with E-state index in [1.54, 1.807) is 11.1 Å². The molecule has 9 nitrogen and oxygen atoms in total. The van der Waals surface area contributed by atoms with E-state index in [0.717, 1.165) is 41.1 Å². The summed E-state index contributed by atoms with van der Waals surface area (Å²) in [5, 5.41) is 0. The molecule has 2 N–H and O–H groups in total. The molecule has 7 rings (SSSR count). The van der Waals surface area contributed by atoms with Crippen LogP contribution in [-0.2, 0) is 4.79 Å². The lowest BCUT2D eigenvalue weighted by Gasteiger charge is -2.36. The van der Waals surface area contributed by atoms with Gasteiger partial charge in [-0.25, -0.2) is 14.8 Å². The molecule has 2 saturated heterocycles. The molecule has 0 unspecified atom stereocenters. The van der Waals surface area contributed by atoms with Crippen molar-refractivity contribution in [2.45, 2.75) is 31.1 Å². The van der Waals surface area contributed by atoms with Gasteiger partial charge in [-0.3, -0.25) is 9.36 Å². The molecule has 4 heterocycles. The first-order valence-corrected chi connectivity index (χ1v) is 14.8. The quantitative estimate of drug-likeness (QED) is 0.353. The van der Waals surface area contributed by atoms with Crippen LogP contribution in [0.4, 0.5) is 10.6 Å². The largest absolute Gasteiger partial charge is 0.383 e. The number of benzene rings is 2. The van der Waals surface area contributed by atoms with Crippen LogP contribution in [0.2, 0.25) is 0 Å². The number of carbonyl (C=O) groups is 2. The van der Waals surface area contributed by atoms with Crippen molar-refractivity contribution in [1.29, 1.82) is 0 Å². The molecule has 2 aromatic heterocycles. The monoisotopic (exact) mass is 561 g/mol. The second-order valence-electron chi connectivity index (χ2n) is 11.6. The van der Waals surface area contributed by atoms with Crippen LogP contribution in [0, 0.1) is 0 Å². The van der Waals surface area contributed by atoms with Gasteiger partial charge in [0, 0.05) is 57.1 Å². The molecule has 42 heavy (non-hydrogen) atoms. The third kappa shape index (κ3) is 4.78. The summed E-state index contributed by atoms with van der Waals surface area (Å²) in [4.78, 5) is 40.0.